The van der Waals surface area contributed by atoms with Crippen LogP contribution in [0.25, 0.3) is 0 Å². The van der Waals surface area contributed by atoms with E-state index in [0.29, 0.717) is 0 Å². The van der Waals surface area contributed by atoms with Crippen LogP contribution < -0.4 is 0 Å². The molecular weight excluding hydrogens is 111 g/mol. The van der Waals surface area contributed by atoms with E-state index in [1.807, 2.05) is 0 Å². The topological polar surface area (TPSA) is 18.6 Å². The molecule has 0 spiro atoms. The van der Waals surface area contributed by atoms with Crippen LogP contribution in [-0.4, -0.2) is 16.7 Å². The second-order valence-electron chi connectivity index (χ2n) is 0.874. The van der Waals surface area contributed by atoms with Crippen molar-refractivity contribution < 1.29 is 13.4 Å². The van der Waals surface area contributed by atoms with E-state index < -0.39 is 11.5 Å². The summed E-state index contributed by atoms with van der Waals surface area (Å²) in [5.41, 5.74) is -1.45. The van der Waals surface area contributed by atoms with E-state index >= 15 is 0 Å². The largest absolute Gasteiger partial charge is 0.343 e. The summed E-state index contributed by atoms with van der Waals surface area (Å²) in [5.74, 6) is 0. The summed E-state index contributed by atoms with van der Waals surface area (Å²) in [4.78, 5) is 0. The molecule has 7 heavy (non-hydrogen) atoms. The van der Waals surface area contributed by atoms with Gasteiger partial charge in [-0.05, 0) is 0 Å². The molecule has 1 aliphatic rings. The highest BCUT2D eigenvalue weighted by Gasteiger charge is 2.32. The Morgan fingerprint density at radius 2 is 2.00 bits per heavy atom. The third-order valence-electron chi connectivity index (χ3n) is 0.446. The van der Waals surface area contributed by atoms with E-state index in [2.05, 4.69) is 5.10 Å². The standard InChI is InChI=1S/CF3N3/c2-1-5-6(1)7(3)4. The molecule has 0 saturated carbocycles. The lowest BCUT2D eigenvalue weighted by Gasteiger charge is -1.92. The summed E-state index contributed by atoms with van der Waals surface area (Å²) < 4.78 is 32.9. The van der Waals surface area contributed by atoms with Crippen LogP contribution in [0, 0.1) is 0 Å². The van der Waals surface area contributed by atoms with E-state index in [4.69, 9.17) is 0 Å². The molecule has 1 heterocycles. The quantitative estimate of drug-likeness (QED) is 0.363. The van der Waals surface area contributed by atoms with Crippen LogP contribution in [0.15, 0.2) is 5.10 Å². The number of nitrogens with zero attached hydrogens (tertiary/aromatic N) is 3. The van der Waals surface area contributed by atoms with Crippen LogP contribution in [-0.2, 0) is 0 Å². The molecule has 0 amide bonds. The molecule has 0 radical (unpaired) electrons. The Bertz CT molecular complexity index is 109. The maximum atomic E-state index is 11.2. The molecule has 0 aromatic heterocycles. The Balaban J connectivity index is 2.25. The Morgan fingerprint density at radius 3 is 2.00 bits per heavy atom. The van der Waals surface area contributed by atoms with Crippen LogP contribution in [0.3, 0.4) is 0 Å². The number of rotatable bonds is 1. The van der Waals surface area contributed by atoms with E-state index in [9.17, 15) is 13.4 Å². The van der Waals surface area contributed by atoms with Gasteiger partial charge in [-0.25, -0.2) is 0 Å². The zero-order valence-corrected chi connectivity index (χ0v) is 2.98. The SMILES string of the molecule is FC1=NN1N(F)F. The van der Waals surface area contributed by atoms with Gasteiger partial charge in [0.05, 0.1) is 0 Å². The molecule has 0 atom stereocenters. The molecule has 0 bridgehead atoms. The van der Waals surface area contributed by atoms with Crippen molar-refractivity contribution in [2.24, 2.45) is 5.10 Å². The molecule has 0 saturated heterocycles. The van der Waals surface area contributed by atoms with E-state index in [1.165, 1.54) is 0 Å². The van der Waals surface area contributed by atoms with Crippen molar-refractivity contribution in [1.29, 1.82) is 0 Å². The summed E-state index contributed by atoms with van der Waals surface area (Å²) in [6, 6.07) is 0. The Hall–Kier alpha value is -0.780. The first-order valence-electron chi connectivity index (χ1n) is 1.37. The third-order valence-corrected chi connectivity index (χ3v) is 0.446. The van der Waals surface area contributed by atoms with Crippen molar-refractivity contribution in [3.8, 4) is 0 Å². The first kappa shape index (κ1) is 4.38. The van der Waals surface area contributed by atoms with Crippen molar-refractivity contribution in [2.75, 3.05) is 0 Å². The fourth-order valence-electron chi connectivity index (χ4n) is 0.152. The Labute approximate surface area is 36.5 Å². The highest BCUT2D eigenvalue weighted by Crippen LogP contribution is 2.14. The van der Waals surface area contributed by atoms with Crippen molar-refractivity contribution in [1.82, 2.24) is 10.6 Å². The molecule has 0 N–H and O–H groups in total. The molecule has 1 rings (SSSR count). The number of hydrogen-bond acceptors (Lipinski definition) is 3. The predicted octanol–water partition coefficient (Wildman–Crippen LogP) is 0.529. The average Bonchev–Trinajstić information content (AvgIpc) is 2.17. The van der Waals surface area contributed by atoms with Gasteiger partial charge in [0.1, 0.15) is 5.45 Å². The van der Waals surface area contributed by atoms with Gasteiger partial charge in [0.2, 0.25) is 0 Å². The lowest BCUT2D eigenvalue weighted by Crippen LogP contribution is -2.12. The monoisotopic (exact) mass is 111 g/mol. The smallest absolute Gasteiger partial charge is 0.159 e. The Kier molecular flexibility index (Phi) is 0.684. The summed E-state index contributed by atoms with van der Waals surface area (Å²) in [6.07, 6.45) is -1.16. The number of hydrazone groups is 1. The van der Waals surface area contributed by atoms with Crippen LogP contribution in [0.5, 0.6) is 0 Å². The third kappa shape index (κ3) is 0.637. The fraction of sp³-hybridized carbons (Fsp3) is 0. The van der Waals surface area contributed by atoms with Crippen molar-refractivity contribution in [3.63, 3.8) is 0 Å². The van der Waals surface area contributed by atoms with Crippen LogP contribution in [0.4, 0.5) is 13.4 Å². The van der Waals surface area contributed by atoms with Crippen molar-refractivity contribution in [3.05, 3.63) is 0 Å². The highest BCUT2D eigenvalue weighted by atomic mass is 19.4. The second kappa shape index (κ2) is 1.09. The van der Waals surface area contributed by atoms with Gasteiger partial charge < -0.3 is 0 Å². The minimum Gasteiger partial charge on any atom is -0.159 e. The molecule has 0 aliphatic carbocycles. The fourth-order valence-corrected chi connectivity index (χ4v) is 0.152. The summed E-state index contributed by atoms with van der Waals surface area (Å²) in [6.45, 7) is 0. The van der Waals surface area contributed by atoms with Crippen molar-refractivity contribution in [2.45, 2.75) is 0 Å². The first-order chi connectivity index (χ1) is 3.22. The van der Waals surface area contributed by atoms with Crippen molar-refractivity contribution >= 4 is 6.09 Å². The molecule has 1 aliphatic heterocycles. The van der Waals surface area contributed by atoms with Gasteiger partial charge in [-0.15, -0.1) is 0 Å². The average molecular weight is 111 g/mol. The summed E-state index contributed by atoms with van der Waals surface area (Å²) in [7, 11) is 0. The summed E-state index contributed by atoms with van der Waals surface area (Å²) >= 11 is 0. The van der Waals surface area contributed by atoms with Crippen LogP contribution >= 0.6 is 0 Å². The minimum absolute atomic E-state index is 0.167. The highest BCUT2D eigenvalue weighted by molar-refractivity contribution is 5.80. The lowest BCUT2D eigenvalue weighted by molar-refractivity contribution is -0.254. The maximum Gasteiger partial charge on any atom is 0.343 e. The maximum absolute atomic E-state index is 11.2. The molecular formula is CF3N3. The number of hydrazine groups is 1. The molecule has 0 unspecified atom stereocenters. The molecule has 3 nitrogen and oxygen atoms in total. The van der Waals surface area contributed by atoms with E-state index in [-0.39, 0.29) is 5.12 Å². The molecule has 0 aromatic rings. The zero-order valence-electron chi connectivity index (χ0n) is 2.98. The number of hydrogen-bond donors (Lipinski definition) is 0. The van der Waals surface area contributed by atoms with Crippen LogP contribution in [0.1, 0.15) is 0 Å². The van der Waals surface area contributed by atoms with Gasteiger partial charge in [-0.2, -0.15) is 4.39 Å². The van der Waals surface area contributed by atoms with Gasteiger partial charge in [0.15, 0.2) is 0 Å². The second-order valence-corrected chi connectivity index (χ2v) is 0.874. The zero-order chi connectivity index (χ0) is 5.44. The molecule has 0 fully saturated rings. The Morgan fingerprint density at radius 1 is 1.57 bits per heavy atom. The predicted molar refractivity (Wildman–Crippen MR) is 14.4 cm³/mol. The van der Waals surface area contributed by atoms with Gasteiger partial charge in [-0.3, -0.25) is 0 Å². The molecule has 6 heteroatoms. The van der Waals surface area contributed by atoms with Gasteiger partial charge in [-0.1, -0.05) is 19.2 Å². The van der Waals surface area contributed by atoms with Gasteiger partial charge >= 0.3 is 6.09 Å². The lowest BCUT2D eigenvalue weighted by atomic mass is 11.4. The number of amidine groups is 1. The first-order valence-corrected chi connectivity index (χ1v) is 1.37. The van der Waals surface area contributed by atoms with Gasteiger partial charge in [0.25, 0.3) is 0 Å². The molecule has 0 aromatic carbocycles. The summed E-state index contributed by atoms with van der Waals surface area (Å²) in [5, 5.41) is 2.35. The van der Waals surface area contributed by atoms with E-state index in [1.54, 1.807) is 0 Å². The van der Waals surface area contributed by atoms with Crippen LogP contribution in [0.2, 0.25) is 0 Å². The van der Waals surface area contributed by atoms with E-state index in [0.717, 1.165) is 0 Å². The normalized spacial score (nSPS) is 17.7. The minimum atomic E-state index is -1.45. The molecule has 40 valence electrons. The van der Waals surface area contributed by atoms with Gasteiger partial charge in [0, 0.05) is 0 Å². The number of halogens is 3.